The van der Waals surface area contributed by atoms with E-state index >= 15 is 0 Å². The maximum absolute atomic E-state index is 12.8. The lowest BCUT2D eigenvalue weighted by Crippen LogP contribution is -2.17. The molecule has 184 valence electrons. The topological polar surface area (TPSA) is 74.6 Å². The molecule has 0 aromatic heterocycles. The van der Waals surface area contributed by atoms with Crippen LogP contribution in [0.4, 0.5) is 0 Å². The molecule has 0 saturated heterocycles. The molecule has 2 aliphatic rings. The fraction of sp³-hybridized carbons (Fsp3) is 0.857. The van der Waals surface area contributed by atoms with Crippen molar-refractivity contribution in [2.45, 2.75) is 105 Å². The number of hydrogen-bond acceptors (Lipinski definition) is 4. The van der Waals surface area contributed by atoms with Gasteiger partial charge in [0.05, 0.1) is 0 Å². The lowest BCUT2D eigenvalue weighted by molar-refractivity contribution is -0.124. The molecular weight excluding hydrogens is 400 g/mol. The van der Waals surface area contributed by atoms with Crippen molar-refractivity contribution in [3.63, 3.8) is 0 Å². The Bertz CT molecular complexity index is 579. The Morgan fingerprint density at radius 3 is 1.41 bits per heavy atom. The number of allylic oxidation sites excluding steroid dienone is 2. The van der Waals surface area contributed by atoms with E-state index in [2.05, 4.69) is 27.7 Å². The third kappa shape index (κ3) is 8.41. The highest BCUT2D eigenvalue weighted by molar-refractivity contribution is 5.88. The summed E-state index contributed by atoms with van der Waals surface area (Å²) >= 11 is 0. The second-order valence-corrected chi connectivity index (χ2v) is 12.1. The molecule has 2 aliphatic carbocycles. The van der Waals surface area contributed by atoms with Crippen molar-refractivity contribution in [1.82, 2.24) is 0 Å². The van der Waals surface area contributed by atoms with E-state index in [1.807, 2.05) is 12.2 Å². The molecule has 0 aromatic rings. The second-order valence-electron chi connectivity index (χ2n) is 12.1. The van der Waals surface area contributed by atoms with Crippen molar-refractivity contribution in [2.75, 3.05) is 13.2 Å². The van der Waals surface area contributed by atoms with Crippen LogP contribution in [0, 0.1) is 34.5 Å². The quantitative estimate of drug-likeness (QED) is 0.257. The van der Waals surface area contributed by atoms with Gasteiger partial charge in [0.25, 0.3) is 0 Å². The van der Waals surface area contributed by atoms with E-state index < -0.39 is 0 Å². The average Bonchev–Trinajstić information content (AvgIpc) is 3.29. The average molecular weight is 449 g/mol. The van der Waals surface area contributed by atoms with Crippen molar-refractivity contribution >= 4 is 11.6 Å². The minimum atomic E-state index is -0.0212. The molecule has 0 radical (unpaired) electrons. The molecule has 4 atom stereocenters. The third-order valence-electron chi connectivity index (χ3n) is 7.93. The van der Waals surface area contributed by atoms with Gasteiger partial charge < -0.3 is 10.2 Å². The Kier molecular flexibility index (Phi) is 10.6. The van der Waals surface area contributed by atoms with Crippen LogP contribution in [-0.2, 0) is 9.59 Å². The van der Waals surface area contributed by atoms with Crippen LogP contribution in [0.25, 0.3) is 0 Å². The summed E-state index contributed by atoms with van der Waals surface area (Å²) in [6.07, 6.45) is 16.0. The molecule has 32 heavy (non-hydrogen) atoms. The monoisotopic (exact) mass is 448 g/mol. The molecule has 0 spiro atoms. The Balaban J connectivity index is 1.70. The second kappa shape index (κ2) is 12.5. The zero-order valence-electron chi connectivity index (χ0n) is 21.1. The van der Waals surface area contributed by atoms with Crippen molar-refractivity contribution in [3.05, 3.63) is 12.2 Å². The molecule has 0 aliphatic heterocycles. The van der Waals surface area contributed by atoms with E-state index in [9.17, 15) is 19.8 Å². The summed E-state index contributed by atoms with van der Waals surface area (Å²) in [5.41, 5.74) is -0.0424. The predicted molar refractivity (Wildman–Crippen MR) is 130 cm³/mol. The van der Waals surface area contributed by atoms with E-state index in [0.29, 0.717) is 11.6 Å². The molecule has 2 rings (SSSR count). The normalized spacial score (nSPS) is 27.2. The van der Waals surface area contributed by atoms with Gasteiger partial charge in [0.15, 0.2) is 0 Å². The summed E-state index contributed by atoms with van der Waals surface area (Å²) in [5, 5.41) is 18.7. The minimum absolute atomic E-state index is 0.00134. The van der Waals surface area contributed by atoms with Crippen LogP contribution in [0.15, 0.2) is 12.2 Å². The Labute approximate surface area is 196 Å². The van der Waals surface area contributed by atoms with Crippen LogP contribution in [0.3, 0.4) is 0 Å². The zero-order chi connectivity index (χ0) is 23.8. The van der Waals surface area contributed by atoms with Crippen molar-refractivity contribution in [2.24, 2.45) is 34.5 Å². The number of aliphatic hydroxyl groups excluding tert-OH is 2. The molecule has 2 N–H and O–H groups in total. The number of unbranched alkanes of at least 4 members (excludes halogenated alkanes) is 2. The number of Topliss-reactive ketones (excluding diaryl/α,β-unsaturated/α-hetero) is 2. The number of aliphatic hydroxyl groups is 2. The Morgan fingerprint density at radius 2 is 1.06 bits per heavy atom. The van der Waals surface area contributed by atoms with Gasteiger partial charge in [0.1, 0.15) is 11.6 Å². The largest absolute Gasteiger partial charge is 0.396 e. The van der Waals surface area contributed by atoms with E-state index in [-0.39, 0.29) is 47.7 Å². The first-order chi connectivity index (χ1) is 15.1. The zero-order valence-corrected chi connectivity index (χ0v) is 21.1. The first-order valence-corrected chi connectivity index (χ1v) is 13.1. The minimum Gasteiger partial charge on any atom is -0.396 e. The summed E-state index contributed by atoms with van der Waals surface area (Å²) in [6.45, 7) is 8.77. The van der Waals surface area contributed by atoms with Gasteiger partial charge in [0, 0.05) is 36.9 Å². The number of carbonyl (C=O) groups is 2. The highest BCUT2D eigenvalue weighted by Crippen LogP contribution is 2.36. The van der Waals surface area contributed by atoms with Gasteiger partial charge in [-0.05, 0) is 62.2 Å². The molecule has 2 fully saturated rings. The van der Waals surface area contributed by atoms with Crippen LogP contribution in [0.5, 0.6) is 0 Å². The molecule has 0 bridgehead atoms. The molecular formula is C28H48O4. The van der Waals surface area contributed by atoms with Crippen LogP contribution in [0.1, 0.15) is 105 Å². The van der Waals surface area contributed by atoms with E-state index in [1.54, 1.807) is 0 Å². The third-order valence-corrected chi connectivity index (χ3v) is 7.93. The van der Waals surface area contributed by atoms with E-state index in [0.717, 1.165) is 77.0 Å². The molecule has 0 heterocycles. The maximum Gasteiger partial charge on any atom is 0.142 e. The van der Waals surface area contributed by atoms with Crippen molar-refractivity contribution < 1.29 is 19.8 Å². The van der Waals surface area contributed by atoms with Crippen LogP contribution >= 0.6 is 0 Å². The highest BCUT2D eigenvalue weighted by Gasteiger charge is 2.35. The first kappa shape index (κ1) is 27.2. The van der Waals surface area contributed by atoms with Gasteiger partial charge in [-0.25, -0.2) is 0 Å². The lowest BCUT2D eigenvalue weighted by atomic mass is 9.86. The Hall–Kier alpha value is -1.00. The fourth-order valence-corrected chi connectivity index (χ4v) is 5.31. The molecule has 4 nitrogen and oxygen atoms in total. The SMILES string of the molecule is CC(C)(CO)CCCCC1CCC(C=CC2CCC(CCCCC(C)(C)CO)C2=O)C1=O. The molecule has 4 heteroatoms. The molecule has 2 saturated carbocycles. The summed E-state index contributed by atoms with van der Waals surface area (Å²) in [5.74, 6) is 1.10. The molecule has 0 aromatic carbocycles. The number of hydrogen-bond donors (Lipinski definition) is 2. The molecule has 4 unspecified atom stereocenters. The number of ketones is 2. The summed E-state index contributed by atoms with van der Waals surface area (Å²) in [4.78, 5) is 25.6. The maximum atomic E-state index is 12.8. The van der Waals surface area contributed by atoms with Crippen LogP contribution in [-0.4, -0.2) is 35.0 Å². The van der Waals surface area contributed by atoms with Crippen molar-refractivity contribution in [1.29, 1.82) is 0 Å². The smallest absolute Gasteiger partial charge is 0.142 e. The summed E-state index contributed by atoms with van der Waals surface area (Å²) in [6, 6.07) is 0. The number of carbonyl (C=O) groups excluding carboxylic acids is 2. The summed E-state index contributed by atoms with van der Waals surface area (Å²) in [7, 11) is 0. The van der Waals surface area contributed by atoms with Gasteiger partial charge in [-0.1, -0.05) is 65.5 Å². The first-order valence-electron chi connectivity index (χ1n) is 13.1. The highest BCUT2D eigenvalue weighted by atomic mass is 16.3. The van der Waals surface area contributed by atoms with E-state index in [4.69, 9.17) is 0 Å². The Morgan fingerprint density at radius 1 is 0.688 bits per heavy atom. The van der Waals surface area contributed by atoms with E-state index in [1.165, 1.54) is 0 Å². The predicted octanol–water partition coefficient (Wildman–Crippen LogP) is 5.89. The summed E-state index contributed by atoms with van der Waals surface area (Å²) < 4.78 is 0. The van der Waals surface area contributed by atoms with Crippen molar-refractivity contribution in [3.8, 4) is 0 Å². The standard InChI is InChI=1S/C28H48O4/c1-27(2,19-29)17-7-5-9-21-11-13-23(25(21)31)15-16-24-14-12-22(26(24)32)10-6-8-18-28(3,4)20-30/h15-16,21-24,29-30H,5-14,17-20H2,1-4H3. The fourth-order valence-electron chi connectivity index (χ4n) is 5.31. The van der Waals surface area contributed by atoms with Gasteiger partial charge in [-0.3, -0.25) is 9.59 Å². The lowest BCUT2D eigenvalue weighted by Gasteiger charge is -2.21. The van der Waals surface area contributed by atoms with Crippen LogP contribution in [0.2, 0.25) is 0 Å². The number of rotatable bonds is 14. The van der Waals surface area contributed by atoms with Gasteiger partial charge in [-0.15, -0.1) is 0 Å². The van der Waals surface area contributed by atoms with Gasteiger partial charge in [0.2, 0.25) is 0 Å². The van der Waals surface area contributed by atoms with Crippen LogP contribution < -0.4 is 0 Å². The van der Waals surface area contributed by atoms with Gasteiger partial charge >= 0.3 is 0 Å². The van der Waals surface area contributed by atoms with Gasteiger partial charge in [-0.2, -0.15) is 0 Å². The molecule has 0 amide bonds.